The molecule has 7 nitrogen and oxygen atoms in total. The molecule has 0 radical (unpaired) electrons. The summed E-state index contributed by atoms with van der Waals surface area (Å²) in [6.45, 7) is 0.741. The Hall–Kier alpha value is -1.92. The van der Waals surface area contributed by atoms with Gasteiger partial charge in [0.15, 0.2) is 0 Å². The molecule has 0 bridgehead atoms. The van der Waals surface area contributed by atoms with Crippen LogP contribution in [0.3, 0.4) is 0 Å². The maximum Gasteiger partial charge on any atom is 0.243 e. The summed E-state index contributed by atoms with van der Waals surface area (Å²) >= 11 is 0. The minimum Gasteiger partial charge on any atom is -0.368 e. The van der Waals surface area contributed by atoms with Gasteiger partial charge in [-0.1, -0.05) is 0 Å². The van der Waals surface area contributed by atoms with E-state index in [1.807, 2.05) is 0 Å². The number of carbonyl (C=O) groups excluding carboxylic acids is 2. The van der Waals surface area contributed by atoms with Crippen LogP contribution in [0.5, 0.6) is 0 Å². The van der Waals surface area contributed by atoms with Crippen molar-refractivity contribution in [3.8, 4) is 0 Å². The molecule has 1 unspecified atom stereocenters. The highest BCUT2D eigenvalue weighted by atomic mass is 16.2. The third kappa shape index (κ3) is 2.02. The summed E-state index contributed by atoms with van der Waals surface area (Å²) in [6.07, 6.45) is 4.41. The first-order chi connectivity index (χ1) is 7.68. The molecule has 1 aromatic heterocycles. The Kier molecular flexibility index (Phi) is 2.84. The van der Waals surface area contributed by atoms with Gasteiger partial charge in [0.2, 0.25) is 11.8 Å². The Labute approximate surface area is 92.2 Å². The predicted molar refractivity (Wildman–Crippen MR) is 54.0 cm³/mol. The number of nitrogens with two attached hydrogens (primary N) is 1. The van der Waals surface area contributed by atoms with Gasteiger partial charge >= 0.3 is 0 Å². The lowest BCUT2D eigenvalue weighted by Crippen LogP contribution is -2.44. The standard InChI is InChI=1S/C9H13N5O2/c10-9(16)7-2-1-3-14(7)8(15)4-13-5-11-12-6-13/h5-7H,1-4H2,(H2,10,16). The topological polar surface area (TPSA) is 94.1 Å². The van der Waals surface area contributed by atoms with E-state index in [4.69, 9.17) is 5.73 Å². The highest BCUT2D eigenvalue weighted by Crippen LogP contribution is 2.17. The minimum absolute atomic E-state index is 0.124. The molecule has 1 saturated heterocycles. The van der Waals surface area contributed by atoms with Gasteiger partial charge in [-0.3, -0.25) is 9.59 Å². The van der Waals surface area contributed by atoms with Crippen LogP contribution < -0.4 is 5.73 Å². The Bertz CT molecular complexity index is 389. The van der Waals surface area contributed by atoms with Gasteiger partial charge in [-0.2, -0.15) is 0 Å². The van der Waals surface area contributed by atoms with Crippen LogP contribution in [-0.2, 0) is 16.1 Å². The van der Waals surface area contributed by atoms with Crippen LogP contribution in [0, 0.1) is 0 Å². The van der Waals surface area contributed by atoms with Crippen molar-refractivity contribution in [3.63, 3.8) is 0 Å². The zero-order valence-electron chi connectivity index (χ0n) is 8.74. The first kappa shape index (κ1) is 10.6. The molecule has 16 heavy (non-hydrogen) atoms. The van der Waals surface area contributed by atoms with Crippen molar-refractivity contribution in [2.24, 2.45) is 5.73 Å². The molecular weight excluding hydrogens is 210 g/mol. The zero-order chi connectivity index (χ0) is 11.5. The molecule has 2 heterocycles. The second-order valence-corrected chi connectivity index (χ2v) is 3.78. The van der Waals surface area contributed by atoms with E-state index in [9.17, 15) is 9.59 Å². The van der Waals surface area contributed by atoms with E-state index in [0.717, 1.165) is 6.42 Å². The summed E-state index contributed by atoms with van der Waals surface area (Å²) in [5, 5.41) is 7.21. The lowest BCUT2D eigenvalue weighted by atomic mass is 10.2. The number of primary amides is 1. The number of hydrogen-bond acceptors (Lipinski definition) is 4. The zero-order valence-corrected chi connectivity index (χ0v) is 8.74. The van der Waals surface area contributed by atoms with Crippen molar-refractivity contribution in [1.82, 2.24) is 19.7 Å². The van der Waals surface area contributed by atoms with Crippen molar-refractivity contribution in [2.75, 3.05) is 6.54 Å². The van der Waals surface area contributed by atoms with E-state index in [1.165, 1.54) is 17.6 Å². The fraction of sp³-hybridized carbons (Fsp3) is 0.556. The molecule has 1 aliphatic rings. The lowest BCUT2D eigenvalue weighted by molar-refractivity contribution is -0.137. The number of nitrogens with zero attached hydrogens (tertiary/aromatic N) is 4. The molecule has 1 fully saturated rings. The van der Waals surface area contributed by atoms with Crippen LogP contribution in [0.25, 0.3) is 0 Å². The summed E-state index contributed by atoms with van der Waals surface area (Å²) in [7, 11) is 0. The molecular formula is C9H13N5O2. The summed E-state index contributed by atoms with van der Waals surface area (Å²) in [6, 6.07) is -0.455. The van der Waals surface area contributed by atoms with Crippen LogP contribution >= 0.6 is 0 Å². The van der Waals surface area contributed by atoms with Crippen LogP contribution in [0.4, 0.5) is 0 Å². The Morgan fingerprint density at radius 1 is 1.38 bits per heavy atom. The molecule has 0 aliphatic carbocycles. The first-order valence-corrected chi connectivity index (χ1v) is 5.09. The van der Waals surface area contributed by atoms with E-state index < -0.39 is 11.9 Å². The van der Waals surface area contributed by atoms with Gasteiger partial charge in [-0.15, -0.1) is 10.2 Å². The Morgan fingerprint density at radius 2 is 2.06 bits per heavy atom. The fourth-order valence-electron chi connectivity index (χ4n) is 1.91. The number of carbonyl (C=O) groups is 2. The Morgan fingerprint density at radius 3 is 2.69 bits per heavy atom. The SMILES string of the molecule is NC(=O)C1CCCN1C(=O)Cn1cnnc1. The van der Waals surface area contributed by atoms with Crippen molar-refractivity contribution in [2.45, 2.75) is 25.4 Å². The van der Waals surface area contributed by atoms with Crippen molar-refractivity contribution in [1.29, 1.82) is 0 Å². The molecule has 86 valence electrons. The average Bonchev–Trinajstić information content (AvgIpc) is 2.86. The number of likely N-dealkylation sites (tertiary alicyclic amines) is 1. The quantitative estimate of drug-likeness (QED) is 0.693. The number of rotatable bonds is 3. The number of amides is 2. The summed E-state index contributed by atoms with van der Waals surface area (Å²) < 4.78 is 1.57. The van der Waals surface area contributed by atoms with Gasteiger partial charge in [0.1, 0.15) is 25.2 Å². The molecule has 1 aliphatic heterocycles. The van der Waals surface area contributed by atoms with Crippen LogP contribution in [0.2, 0.25) is 0 Å². The summed E-state index contributed by atoms with van der Waals surface area (Å²) in [4.78, 5) is 24.5. The Balaban J connectivity index is 2.01. The van der Waals surface area contributed by atoms with Gasteiger partial charge in [0.05, 0.1) is 0 Å². The normalized spacial score (nSPS) is 20.0. The minimum atomic E-state index is -0.455. The largest absolute Gasteiger partial charge is 0.368 e. The van der Waals surface area contributed by atoms with Gasteiger partial charge in [-0.25, -0.2) is 0 Å². The molecule has 2 N–H and O–H groups in total. The maximum atomic E-state index is 11.9. The molecule has 0 spiro atoms. The number of aromatic nitrogens is 3. The molecule has 0 aromatic carbocycles. The van der Waals surface area contributed by atoms with Crippen LogP contribution in [0.15, 0.2) is 12.7 Å². The third-order valence-corrected chi connectivity index (χ3v) is 2.69. The lowest BCUT2D eigenvalue weighted by Gasteiger charge is -2.22. The van der Waals surface area contributed by atoms with E-state index in [0.29, 0.717) is 13.0 Å². The molecule has 1 aromatic rings. The van der Waals surface area contributed by atoms with E-state index in [-0.39, 0.29) is 12.5 Å². The van der Waals surface area contributed by atoms with Gasteiger partial charge in [-0.05, 0) is 12.8 Å². The highest BCUT2D eigenvalue weighted by molar-refractivity contribution is 5.87. The molecule has 1 atom stereocenters. The summed E-state index contributed by atoms with van der Waals surface area (Å²) in [5.74, 6) is -0.560. The first-order valence-electron chi connectivity index (χ1n) is 5.09. The summed E-state index contributed by atoms with van der Waals surface area (Å²) in [5.41, 5.74) is 5.23. The van der Waals surface area contributed by atoms with Gasteiger partial charge in [0, 0.05) is 6.54 Å². The smallest absolute Gasteiger partial charge is 0.243 e. The molecule has 0 saturated carbocycles. The van der Waals surface area contributed by atoms with Crippen molar-refractivity contribution < 1.29 is 9.59 Å². The van der Waals surface area contributed by atoms with Gasteiger partial charge < -0.3 is 15.2 Å². The fourth-order valence-corrected chi connectivity index (χ4v) is 1.91. The van der Waals surface area contributed by atoms with Gasteiger partial charge in [0.25, 0.3) is 0 Å². The monoisotopic (exact) mass is 223 g/mol. The molecule has 7 heteroatoms. The average molecular weight is 223 g/mol. The van der Waals surface area contributed by atoms with Crippen LogP contribution in [-0.4, -0.2) is 44.1 Å². The number of hydrogen-bond donors (Lipinski definition) is 1. The molecule has 2 rings (SSSR count). The molecule has 2 amide bonds. The van der Waals surface area contributed by atoms with E-state index >= 15 is 0 Å². The second kappa shape index (κ2) is 4.30. The third-order valence-electron chi connectivity index (χ3n) is 2.69. The highest BCUT2D eigenvalue weighted by Gasteiger charge is 2.32. The van der Waals surface area contributed by atoms with Crippen LogP contribution in [0.1, 0.15) is 12.8 Å². The maximum absolute atomic E-state index is 11.9. The van der Waals surface area contributed by atoms with E-state index in [2.05, 4.69) is 10.2 Å². The second-order valence-electron chi connectivity index (χ2n) is 3.78. The van der Waals surface area contributed by atoms with Crippen molar-refractivity contribution in [3.05, 3.63) is 12.7 Å². The van der Waals surface area contributed by atoms with E-state index in [1.54, 1.807) is 4.57 Å². The predicted octanol–water partition coefficient (Wildman–Crippen LogP) is -1.25. The van der Waals surface area contributed by atoms with Crippen molar-refractivity contribution >= 4 is 11.8 Å².